The summed E-state index contributed by atoms with van der Waals surface area (Å²) in [6.45, 7) is -0.479. The smallest absolute Gasteiger partial charge is 0.326 e. The average molecular weight is 528 g/mol. The zero-order valence-corrected chi connectivity index (χ0v) is 20.4. The van der Waals surface area contributed by atoms with Crippen molar-refractivity contribution < 1.29 is 34.5 Å². The summed E-state index contributed by atoms with van der Waals surface area (Å²) in [4.78, 5) is 53.3. The molecule has 14 nitrogen and oxygen atoms in total. The van der Waals surface area contributed by atoms with E-state index in [4.69, 9.17) is 22.3 Å². The maximum atomic E-state index is 13.0. The molecular formula is C21H33N7O7S. The Morgan fingerprint density at radius 2 is 1.50 bits per heavy atom. The van der Waals surface area contributed by atoms with Crippen LogP contribution in [-0.4, -0.2) is 88.0 Å². The van der Waals surface area contributed by atoms with Crippen LogP contribution in [0.25, 0.3) is 0 Å². The molecular weight excluding hydrogens is 494 g/mol. The van der Waals surface area contributed by atoms with Gasteiger partial charge >= 0.3 is 5.97 Å². The number of amides is 3. The van der Waals surface area contributed by atoms with Crippen molar-refractivity contribution in [2.24, 2.45) is 22.2 Å². The number of thiol groups is 1. The van der Waals surface area contributed by atoms with E-state index in [2.05, 4.69) is 33.6 Å². The third kappa shape index (κ3) is 10.8. The number of nitrogens with two attached hydrogens (primary N) is 3. The van der Waals surface area contributed by atoms with Gasteiger partial charge in [-0.25, -0.2) is 4.79 Å². The largest absolute Gasteiger partial charge is 0.508 e. The number of guanidine groups is 1. The summed E-state index contributed by atoms with van der Waals surface area (Å²) in [5.74, 6) is -3.95. The van der Waals surface area contributed by atoms with Crippen LogP contribution in [0.3, 0.4) is 0 Å². The highest BCUT2D eigenvalue weighted by Gasteiger charge is 2.30. The van der Waals surface area contributed by atoms with Crippen LogP contribution in [0.2, 0.25) is 0 Å². The molecule has 200 valence electrons. The minimum atomic E-state index is -1.29. The summed E-state index contributed by atoms with van der Waals surface area (Å²) in [5.41, 5.74) is 16.5. The minimum absolute atomic E-state index is 0.00595. The molecule has 1 rings (SSSR count). The molecule has 1 aromatic rings. The van der Waals surface area contributed by atoms with Crippen LogP contribution in [-0.2, 0) is 25.6 Å². The lowest BCUT2D eigenvalue weighted by molar-refractivity contribution is -0.142. The van der Waals surface area contributed by atoms with E-state index in [-0.39, 0.29) is 43.3 Å². The third-order valence-electron chi connectivity index (χ3n) is 4.92. The van der Waals surface area contributed by atoms with Gasteiger partial charge in [0.1, 0.15) is 29.9 Å². The van der Waals surface area contributed by atoms with Gasteiger partial charge in [0.25, 0.3) is 0 Å². The van der Waals surface area contributed by atoms with E-state index in [9.17, 15) is 29.4 Å². The number of carbonyl (C=O) groups is 4. The van der Waals surface area contributed by atoms with Gasteiger partial charge in [-0.2, -0.15) is 12.6 Å². The summed E-state index contributed by atoms with van der Waals surface area (Å²) in [7, 11) is 0. The SMILES string of the molecule is NC(N)=NCCCC(NC(=O)C(Cc1ccc(O)cc1)NC(=O)C(CS)NC(=O)C(N)CO)C(=O)O. The molecule has 0 aliphatic heterocycles. The van der Waals surface area contributed by atoms with Gasteiger partial charge in [-0.05, 0) is 30.5 Å². The number of benzene rings is 1. The van der Waals surface area contributed by atoms with E-state index in [1.54, 1.807) is 0 Å². The number of aliphatic hydroxyl groups excluding tert-OH is 1. The Labute approximate surface area is 213 Å². The number of aliphatic imine (C=N–C) groups is 1. The highest BCUT2D eigenvalue weighted by molar-refractivity contribution is 7.80. The van der Waals surface area contributed by atoms with Gasteiger partial charge in [0.05, 0.1) is 6.61 Å². The van der Waals surface area contributed by atoms with Crippen LogP contribution in [0.4, 0.5) is 0 Å². The molecule has 1 aromatic carbocycles. The molecule has 4 atom stereocenters. The van der Waals surface area contributed by atoms with Gasteiger partial charge in [0.15, 0.2) is 5.96 Å². The lowest BCUT2D eigenvalue weighted by Crippen LogP contribution is -2.58. The number of carbonyl (C=O) groups excluding carboxylic acids is 3. The first-order valence-corrected chi connectivity index (χ1v) is 11.6. The second-order valence-electron chi connectivity index (χ2n) is 7.81. The second-order valence-corrected chi connectivity index (χ2v) is 8.18. The van der Waals surface area contributed by atoms with Crippen molar-refractivity contribution >= 4 is 42.3 Å². The number of hydrogen-bond donors (Lipinski definition) is 10. The highest BCUT2D eigenvalue weighted by atomic mass is 32.1. The van der Waals surface area contributed by atoms with Crippen LogP contribution >= 0.6 is 12.6 Å². The first kappa shape index (κ1) is 30.5. The lowest BCUT2D eigenvalue weighted by Gasteiger charge is -2.24. The van der Waals surface area contributed by atoms with Crippen LogP contribution in [0.5, 0.6) is 5.75 Å². The molecule has 0 saturated carbocycles. The molecule has 0 aliphatic rings. The Morgan fingerprint density at radius 1 is 0.944 bits per heavy atom. The van der Waals surface area contributed by atoms with Gasteiger partial charge in [0.2, 0.25) is 17.7 Å². The van der Waals surface area contributed by atoms with Crippen molar-refractivity contribution in [3.8, 4) is 5.75 Å². The fourth-order valence-electron chi connectivity index (χ4n) is 2.94. The first-order valence-electron chi connectivity index (χ1n) is 10.9. The molecule has 0 saturated heterocycles. The molecule has 4 unspecified atom stereocenters. The van der Waals surface area contributed by atoms with Crippen molar-refractivity contribution in [3.05, 3.63) is 29.8 Å². The Hall–Kier alpha value is -3.56. The van der Waals surface area contributed by atoms with Gasteiger partial charge in [-0.15, -0.1) is 0 Å². The van der Waals surface area contributed by atoms with Gasteiger partial charge in [0, 0.05) is 18.7 Å². The molecule has 36 heavy (non-hydrogen) atoms. The molecule has 15 heteroatoms. The zero-order chi connectivity index (χ0) is 27.3. The predicted octanol–water partition coefficient (Wildman–Crippen LogP) is -3.22. The summed E-state index contributed by atoms with van der Waals surface area (Å²) < 4.78 is 0. The Morgan fingerprint density at radius 3 is 2.03 bits per heavy atom. The van der Waals surface area contributed by atoms with Crippen molar-refractivity contribution in [2.45, 2.75) is 43.4 Å². The van der Waals surface area contributed by atoms with E-state index in [1.807, 2.05) is 0 Å². The van der Waals surface area contributed by atoms with Crippen LogP contribution in [0, 0.1) is 0 Å². The number of aliphatic carboxylic acids is 1. The normalized spacial score (nSPS) is 14.0. The number of aliphatic hydroxyl groups is 1. The van der Waals surface area contributed by atoms with Crippen molar-refractivity contribution in [3.63, 3.8) is 0 Å². The fourth-order valence-corrected chi connectivity index (χ4v) is 3.20. The molecule has 3 amide bonds. The third-order valence-corrected chi connectivity index (χ3v) is 5.28. The average Bonchev–Trinajstić information content (AvgIpc) is 2.83. The number of nitrogens with one attached hydrogen (secondary N) is 3. The topological polar surface area (TPSA) is 255 Å². The lowest BCUT2D eigenvalue weighted by atomic mass is 10.0. The van der Waals surface area contributed by atoms with E-state index in [0.29, 0.717) is 5.56 Å². The van der Waals surface area contributed by atoms with Gasteiger partial charge < -0.3 is 48.5 Å². The molecule has 0 aromatic heterocycles. The van der Waals surface area contributed by atoms with E-state index < -0.39 is 54.5 Å². The van der Waals surface area contributed by atoms with Crippen LogP contribution in [0.1, 0.15) is 18.4 Å². The molecule has 0 aliphatic carbocycles. The number of hydrogen-bond acceptors (Lipinski definition) is 9. The molecule has 0 fully saturated rings. The quantitative estimate of drug-likeness (QED) is 0.0472. The standard InChI is InChI=1S/C21H33N7O7S/c22-13(9-29)17(31)28-16(10-36)19(33)27-15(8-11-3-5-12(30)6-4-11)18(32)26-14(20(34)35)2-1-7-25-21(23)24/h3-6,13-16,29-30,36H,1-2,7-10,22H2,(H,26,32)(H,27,33)(H,28,31)(H,34,35)(H4,23,24,25). The number of carboxylic acid groups (broad SMARTS) is 1. The van der Waals surface area contributed by atoms with Gasteiger partial charge in [-0.3, -0.25) is 19.4 Å². The summed E-state index contributed by atoms with van der Waals surface area (Å²) in [6, 6.07) is 0.871. The minimum Gasteiger partial charge on any atom is -0.508 e. The zero-order valence-electron chi connectivity index (χ0n) is 19.5. The number of phenolic OH excluding ortho intramolecular Hbond substituents is 1. The number of aromatic hydroxyl groups is 1. The van der Waals surface area contributed by atoms with Crippen LogP contribution < -0.4 is 33.2 Å². The number of rotatable bonds is 15. The number of phenols is 1. The maximum absolute atomic E-state index is 13.0. The number of carboxylic acids is 1. The van der Waals surface area contributed by atoms with Gasteiger partial charge in [-0.1, -0.05) is 12.1 Å². The monoisotopic (exact) mass is 527 g/mol. The fraction of sp³-hybridized carbons (Fsp3) is 0.476. The Balaban J connectivity index is 3.03. The van der Waals surface area contributed by atoms with E-state index >= 15 is 0 Å². The summed E-state index contributed by atoms with van der Waals surface area (Å²) in [6.07, 6.45) is 0.233. The highest BCUT2D eigenvalue weighted by Crippen LogP contribution is 2.12. The van der Waals surface area contributed by atoms with Crippen LogP contribution in [0.15, 0.2) is 29.3 Å². The summed E-state index contributed by atoms with van der Waals surface area (Å²) >= 11 is 4.04. The van der Waals surface area contributed by atoms with E-state index in [1.165, 1.54) is 24.3 Å². The summed E-state index contributed by atoms with van der Waals surface area (Å²) in [5, 5.41) is 35.2. The first-order chi connectivity index (χ1) is 17.0. The van der Waals surface area contributed by atoms with E-state index in [0.717, 1.165) is 0 Å². The molecule has 0 spiro atoms. The molecule has 0 bridgehead atoms. The molecule has 0 heterocycles. The Bertz CT molecular complexity index is 926. The van der Waals surface area contributed by atoms with Crippen molar-refractivity contribution in [2.75, 3.05) is 18.9 Å². The van der Waals surface area contributed by atoms with Crippen molar-refractivity contribution in [1.29, 1.82) is 0 Å². The Kier molecular flexibility index (Phi) is 13.1. The predicted molar refractivity (Wildman–Crippen MR) is 134 cm³/mol. The van der Waals surface area contributed by atoms with Crippen molar-refractivity contribution in [1.82, 2.24) is 16.0 Å². The maximum Gasteiger partial charge on any atom is 0.326 e. The molecule has 12 N–H and O–H groups in total. The number of nitrogens with zero attached hydrogens (tertiary/aromatic N) is 1. The second kappa shape index (κ2) is 15.4. The molecule has 0 radical (unpaired) electrons.